The van der Waals surface area contributed by atoms with Gasteiger partial charge < -0.3 is 8.83 Å². The fraction of sp³-hybridized carbons (Fsp3) is 0. The Morgan fingerprint density at radius 2 is 0.667 bits per heavy atom. The van der Waals surface area contributed by atoms with Gasteiger partial charge in [0.25, 0.3) is 0 Å². The van der Waals surface area contributed by atoms with Crippen molar-refractivity contribution in [2.24, 2.45) is 0 Å². The van der Waals surface area contributed by atoms with E-state index in [4.69, 9.17) is 8.83 Å². The quantitative estimate of drug-likeness (QED) is 0.198. The molecule has 0 spiro atoms. The lowest BCUT2D eigenvalue weighted by atomic mass is 9.96. The molecular formula is C44H24N2O2. The smallest absolute Gasteiger partial charge is 0.139 e. The van der Waals surface area contributed by atoms with Crippen LogP contribution in [0.4, 0.5) is 0 Å². The second-order valence-electron chi connectivity index (χ2n) is 12.0. The highest BCUT2D eigenvalue weighted by Crippen LogP contribution is 2.40. The number of nitriles is 2. The molecule has 9 aromatic rings. The van der Waals surface area contributed by atoms with E-state index in [0.29, 0.717) is 11.1 Å². The lowest BCUT2D eigenvalue weighted by Crippen LogP contribution is -1.83. The Kier molecular flexibility index (Phi) is 6.22. The van der Waals surface area contributed by atoms with Crippen LogP contribution >= 0.6 is 0 Å². The number of benzene rings is 7. The first-order chi connectivity index (χ1) is 23.6. The van der Waals surface area contributed by atoms with Gasteiger partial charge in [-0.05, 0) is 111 Å². The number of furan rings is 2. The van der Waals surface area contributed by atoms with Crippen LogP contribution in [0.2, 0.25) is 0 Å². The number of fused-ring (bicyclic) bond motifs is 6. The Morgan fingerprint density at radius 3 is 1.08 bits per heavy atom. The molecule has 0 N–H and O–H groups in total. The van der Waals surface area contributed by atoms with E-state index >= 15 is 0 Å². The fourth-order valence-electron chi connectivity index (χ4n) is 6.70. The van der Waals surface area contributed by atoms with Gasteiger partial charge in [-0.25, -0.2) is 0 Å². The molecule has 0 radical (unpaired) electrons. The van der Waals surface area contributed by atoms with Crippen LogP contribution in [-0.2, 0) is 0 Å². The molecule has 0 saturated heterocycles. The van der Waals surface area contributed by atoms with Crippen LogP contribution in [0.25, 0.3) is 88.4 Å². The summed E-state index contributed by atoms with van der Waals surface area (Å²) in [6.07, 6.45) is 0. The van der Waals surface area contributed by atoms with Crippen molar-refractivity contribution in [1.82, 2.24) is 0 Å². The third-order valence-electron chi connectivity index (χ3n) is 9.10. The van der Waals surface area contributed by atoms with Crippen molar-refractivity contribution < 1.29 is 8.83 Å². The van der Waals surface area contributed by atoms with Crippen molar-refractivity contribution >= 4 is 43.9 Å². The average Bonchev–Trinajstić information content (AvgIpc) is 3.70. The lowest BCUT2D eigenvalue weighted by Gasteiger charge is -2.07. The van der Waals surface area contributed by atoms with Crippen molar-refractivity contribution in [2.45, 2.75) is 0 Å². The van der Waals surface area contributed by atoms with E-state index in [1.54, 1.807) is 0 Å². The molecule has 222 valence electrons. The van der Waals surface area contributed by atoms with Crippen LogP contribution in [0.15, 0.2) is 154 Å². The molecule has 2 aromatic heterocycles. The molecule has 0 amide bonds. The van der Waals surface area contributed by atoms with E-state index in [1.165, 1.54) is 0 Å². The normalized spacial score (nSPS) is 11.3. The van der Waals surface area contributed by atoms with E-state index in [9.17, 15) is 10.5 Å². The molecule has 0 aliphatic heterocycles. The van der Waals surface area contributed by atoms with Gasteiger partial charge in [0.05, 0.1) is 23.3 Å². The van der Waals surface area contributed by atoms with E-state index in [1.807, 2.05) is 66.7 Å². The van der Waals surface area contributed by atoms with Crippen molar-refractivity contribution in [3.05, 3.63) is 157 Å². The first-order valence-electron chi connectivity index (χ1n) is 15.7. The Bertz CT molecular complexity index is 2630. The summed E-state index contributed by atoms with van der Waals surface area (Å²) in [7, 11) is 0. The predicted octanol–water partition coefficient (Wildman–Crippen LogP) is 11.9. The largest absolute Gasteiger partial charge is 0.456 e. The Balaban J connectivity index is 1.14. The minimum Gasteiger partial charge on any atom is -0.456 e. The zero-order valence-electron chi connectivity index (χ0n) is 25.6. The molecule has 0 aliphatic rings. The molecule has 2 heterocycles. The molecule has 0 atom stereocenters. The minimum atomic E-state index is 0.644. The molecule has 0 unspecified atom stereocenters. The van der Waals surface area contributed by atoms with Gasteiger partial charge in [0.15, 0.2) is 0 Å². The summed E-state index contributed by atoms with van der Waals surface area (Å²) >= 11 is 0. The average molecular weight is 613 g/mol. The summed E-state index contributed by atoms with van der Waals surface area (Å²) in [5.74, 6) is 0. The summed E-state index contributed by atoms with van der Waals surface area (Å²) in [4.78, 5) is 0. The molecule has 9 rings (SSSR count). The van der Waals surface area contributed by atoms with Gasteiger partial charge in [-0.3, -0.25) is 0 Å². The molecular weight excluding hydrogens is 588 g/mol. The second kappa shape index (κ2) is 10.9. The zero-order chi connectivity index (χ0) is 32.2. The monoisotopic (exact) mass is 612 g/mol. The highest BCUT2D eigenvalue weighted by molar-refractivity contribution is 6.16. The van der Waals surface area contributed by atoms with E-state index in [2.05, 4.69) is 91.0 Å². The molecule has 0 bridgehead atoms. The first-order valence-corrected chi connectivity index (χ1v) is 15.7. The maximum Gasteiger partial charge on any atom is 0.139 e. The third-order valence-corrected chi connectivity index (χ3v) is 9.10. The first kappa shape index (κ1) is 27.4. The number of rotatable bonds is 4. The zero-order valence-corrected chi connectivity index (χ0v) is 25.6. The van der Waals surface area contributed by atoms with Crippen molar-refractivity contribution in [3.8, 4) is 56.6 Å². The number of hydrogen-bond donors (Lipinski definition) is 0. The minimum absolute atomic E-state index is 0.644. The molecule has 7 aromatic carbocycles. The molecule has 4 nitrogen and oxygen atoms in total. The summed E-state index contributed by atoms with van der Waals surface area (Å²) in [5.41, 5.74) is 13.0. The molecule has 48 heavy (non-hydrogen) atoms. The van der Waals surface area contributed by atoms with Gasteiger partial charge in [-0.2, -0.15) is 10.5 Å². The van der Waals surface area contributed by atoms with Gasteiger partial charge >= 0.3 is 0 Å². The van der Waals surface area contributed by atoms with Crippen LogP contribution in [-0.4, -0.2) is 0 Å². The molecule has 0 fully saturated rings. The second-order valence-corrected chi connectivity index (χ2v) is 12.0. The van der Waals surface area contributed by atoms with Gasteiger partial charge in [0.2, 0.25) is 0 Å². The predicted molar refractivity (Wildman–Crippen MR) is 192 cm³/mol. The van der Waals surface area contributed by atoms with Gasteiger partial charge in [0, 0.05) is 27.6 Å². The SMILES string of the molecule is N#Cc1cccc(-c2cccc(-c3ccc4oc5cc6oc7ccc(-c8cccc(-c9cccc(C#N)c9)c8)cc7c6cc5c4c3)c2)c1. The van der Waals surface area contributed by atoms with Gasteiger partial charge in [-0.15, -0.1) is 0 Å². The lowest BCUT2D eigenvalue weighted by molar-refractivity contribution is 0.656. The maximum absolute atomic E-state index is 9.38. The molecule has 0 aliphatic carbocycles. The van der Waals surface area contributed by atoms with E-state index in [-0.39, 0.29) is 0 Å². The topological polar surface area (TPSA) is 73.9 Å². The number of nitrogens with zero attached hydrogens (tertiary/aromatic N) is 2. The Labute approximate surface area is 275 Å². The summed E-state index contributed by atoms with van der Waals surface area (Å²) < 4.78 is 12.6. The maximum atomic E-state index is 9.38. The fourth-order valence-corrected chi connectivity index (χ4v) is 6.70. The summed E-state index contributed by atoms with van der Waals surface area (Å²) in [6.45, 7) is 0. The third kappa shape index (κ3) is 4.60. The van der Waals surface area contributed by atoms with Crippen molar-refractivity contribution in [2.75, 3.05) is 0 Å². The highest BCUT2D eigenvalue weighted by Gasteiger charge is 2.15. The van der Waals surface area contributed by atoms with Crippen LogP contribution < -0.4 is 0 Å². The highest BCUT2D eigenvalue weighted by atomic mass is 16.3. The van der Waals surface area contributed by atoms with Crippen LogP contribution in [0.1, 0.15) is 11.1 Å². The standard InChI is InChI=1S/C44H24N2O2/c45-25-27-5-1-7-29(17-27)31-9-3-11-33(19-31)35-13-15-41-37(21-35)39-23-40-38-22-36(14-16-42(38)48-44(40)24-43(39)47-41)34-12-4-10-32(20-34)30-8-2-6-28(18-30)26-46/h1-24H. The Morgan fingerprint density at radius 1 is 0.312 bits per heavy atom. The van der Waals surface area contributed by atoms with E-state index in [0.717, 1.165) is 88.4 Å². The number of hydrogen-bond acceptors (Lipinski definition) is 4. The van der Waals surface area contributed by atoms with Gasteiger partial charge in [0.1, 0.15) is 22.3 Å². The van der Waals surface area contributed by atoms with E-state index < -0.39 is 0 Å². The van der Waals surface area contributed by atoms with Crippen molar-refractivity contribution in [1.29, 1.82) is 10.5 Å². The summed E-state index contributed by atoms with van der Waals surface area (Å²) in [6, 6.07) is 53.5. The van der Waals surface area contributed by atoms with Crippen LogP contribution in [0.3, 0.4) is 0 Å². The van der Waals surface area contributed by atoms with Gasteiger partial charge in [-0.1, -0.05) is 72.8 Å². The van der Waals surface area contributed by atoms with Crippen LogP contribution in [0.5, 0.6) is 0 Å². The molecule has 0 saturated carbocycles. The Hall–Kier alpha value is -6.88. The van der Waals surface area contributed by atoms with Crippen LogP contribution in [0, 0.1) is 22.7 Å². The van der Waals surface area contributed by atoms with Crippen molar-refractivity contribution in [3.63, 3.8) is 0 Å². The summed E-state index contributed by atoms with van der Waals surface area (Å²) in [5, 5.41) is 22.9. The molecule has 4 heteroatoms.